The van der Waals surface area contributed by atoms with Crippen LogP contribution in [0.2, 0.25) is 0 Å². The summed E-state index contributed by atoms with van der Waals surface area (Å²) in [6.07, 6.45) is 2.39. The van der Waals surface area contributed by atoms with Gasteiger partial charge in [-0.05, 0) is 67.4 Å². The molecule has 2 saturated carbocycles. The van der Waals surface area contributed by atoms with Crippen molar-refractivity contribution in [3.63, 3.8) is 0 Å². The molecule has 36 heavy (non-hydrogen) atoms. The van der Waals surface area contributed by atoms with E-state index in [2.05, 4.69) is 17.6 Å². The van der Waals surface area contributed by atoms with E-state index in [1.165, 1.54) is 37.8 Å². The summed E-state index contributed by atoms with van der Waals surface area (Å²) in [4.78, 5) is 24.6. The lowest BCUT2D eigenvalue weighted by atomic mass is 9.88. The molecule has 1 aromatic carbocycles. The van der Waals surface area contributed by atoms with Crippen LogP contribution >= 0.6 is 0 Å². The van der Waals surface area contributed by atoms with E-state index in [1.807, 2.05) is 0 Å². The van der Waals surface area contributed by atoms with Gasteiger partial charge in [0.2, 0.25) is 0 Å². The van der Waals surface area contributed by atoms with Crippen molar-refractivity contribution in [2.75, 3.05) is 6.54 Å². The van der Waals surface area contributed by atoms with E-state index in [9.17, 15) is 22.8 Å². The van der Waals surface area contributed by atoms with E-state index in [0.29, 0.717) is 30.9 Å². The molecule has 1 saturated heterocycles. The van der Waals surface area contributed by atoms with Crippen LogP contribution in [0.3, 0.4) is 0 Å². The Labute approximate surface area is 210 Å². The number of amides is 2. The third-order valence-electron chi connectivity index (χ3n) is 8.43. The molecule has 200 valence electrons. The Balaban J connectivity index is 1.33. The van der Waals surface area contributed by atoms with Gasteiger partial charge in [-0.1, -0.05) is 50.8 Å². The maximum atomic E-state index is 13.1. The van der Waals surface area contributed by atoms with E-state index in [-0.39, 0.29) is 35.7 Å². The number of primary amides is 1. The molecule has 0 unspecified atom stereocenters. The van der Waals surface area contributed by atoms with Crippen molar-refractivity contribution in [3.05, 3.63) is 35.4 Å². The summed E-state index contributed by atoms with van der Waals surface area (Å²) in [5.41, 5.74) is 5.30. The summed E-state index contributed by atoms with van der Waals surface area (Å²) >= 11 is 0. The van der Waals surface area contributed by atoms with E-state index >= 15 is 0 Å². The van der Waals surface area contributed by atoms with Crippen LogP contribution in [0.25, 0.3) is 0 Å². The third kappa shape index (κ3) is 6.72. The maximum Gasteiger partial charge on any atom is 0.416 e. The molecule has 2 aliphatic carbocycles. The fourth-order valence-corrected chi connectivity index (χ4v) is 6.76. The van der Waals surface area contributed by atoms with Gasteiger partial charge in [-0.2, -0.15) is 13.2 Å². The highest BCUT2D eigenvalue weighted by Gasteiger charge is 2.45. The van der Waals surface area contributed by atoms with Gasteiger partial charge in [0.15, 0.2) is 6.10 Å². The Morgan fingerprint density at radius 1 is 1.17 bits per heavy atom. The summed E-state index contributed by atoms with van der Waals surface area (Å²) in [6, 6.07) is 5.50. The molecule has 4 rings (SSSR count). The van der Waals surface area contributed by atoms with Crippen LogP contribution in [0.15, 0.2) is 24.3 Å². The number of hydrogen-bond donors (Lipinski definition) is 3. The molecule has 0 radical (unpaired) electrons. The highest BCUT2D eigenvalue weighted by molar-refractivity contribution is 5.83. The first-order valence-corrected chi connectivity index (χ1v) is 13.3. The molecule has 4 N–H and O–H groups in total. The van der Waals surface area contributed by atoms with Crippen LogP contribution in [0.1, 0.15) is 69.4 Å². The van der Waals surface area contributed by atoms with Gasteiger partial charge >= 0.3 is 12.3 Å². The lowest BCUT2D eigenvalue weighted by Crippen LogP contribution is -2.46. The zero-order chi connectivity index (χ0) is 25.9. The molecule has 3 aliphatic rings. The number of hydrogen-bond acceptors (Lipinski definition) is 4. The number of halogens is 3. The summed E-state index contributed by atoms with van der Waals surface area (Å²) in [7, 11) is 0. The van der Waals surface area contributed by atoms with Gasteiger partial charge in [0.05, 0.1) is 5.56 Å². The molecule has 0 aromatic heterocycles. The molecular formula is C27H38F3N3O3. The molecule has 1 aromatic rings. The van der Waals surface area contributed by atoms with E-state index in [1.54, 1.807) is 6.07 Å². The zero-order valence-corrected chi connectivity index (χ0v) is 20.9. The van der Waals surface area contributed by atoms with Gasteiger partial charge in [0.25, 0.3) is 5.91 Å². The average molecular weight is 510 g/mol. The maximum absolute atomic E-state index is 13.1. The minimum absolute atomic E-state index is 0.0597. The Morgan fingerprint density at radius 3 is 2.61 bits per heavy atom. The standard InChI is InChI=1S/C27H38F3N3O3/c1-16(11-17-5-2-3-6-17)12-24(36-26(31)35)25(34)33-22-10-9-20-21(22)15-32-23(20)14-18-7-4-8-19(13-18)27(28,29)30/h4,7-8,13,16-17,20-24,32H,2-3,5-6,9-12,14-15H2,1H3,(H2,31,35)(H,33,34)/t16-,20+,21-,22+,23+,24-/m0/s1. The molecule has 1 aliphatic heterocycles. The van der Waals surface area contributed by atoms with Crippen molar-refractivity contribution in [3.8, 4) is 0 Å². The van der Waals surface area contributed by atoms with Crippen molar-refractivity contribution in [1.29, 1.82) is 0 Å². The largest absolute Gasteiger partial charge is 0.436 e. The summed E-state index contributed by atoms with van der Waals surface area (Å²) < 4.78 is 44.5. The summed E-state index contributed by atoms with van der Waals surface area (Å²) in [5, 5.41) is 6.57. The first kappa shape index (κ1) is 26.8. The van der Waals surface area contributed by atoms with Gasteiger partial charge in [-0.25, -0.2) is 4.79 Å². The van der Waals surface area contributed by atoms with Crippen LogP contribution in [0.5, 0.6) is 0 Å². The first-order valence-electron chi connectivity index (χ1n) is 13.3. The fourth-order valence-electron chi connectivity index (χ4n) is 6.76. The SMILES string of the molecule is C[C@@H](CC1CCCC1)C[C@H](OC(N)=O)C(=O)N[C@@H]1CC[C@@H]2[C@@H]1CN[C@@H]2Cc1cccc(C(F)(F)F)c1. The Morgan fingerprint density at radius 2 is 1.92 bits per heavy atom. The number of ether oxygens (including phenoxy) is 1. The first-order chi connectivity index (χ1) is 17.1. The number of carbonyl (C=O) groups excluding carboxylic acids is 2. The fraction of sp³-hybridized carbons (Fsp3) is 0.704. The quantitative estimate of drug-likeness (QED) is 0.446. The second-order valence-electron chi connectivity index (χ2n) is 11.1. The summed E-state index contributed by atoms with van der Waals surface area (Å²) in [5.74, 6) is 1.06. The molecule has 6 nitrogen and oxygen atoms in total. The second-order valence-corrected chi connectivity index (χ2v) is 11.1. The number of benzene rings is 1. The molecule has 6 atom stereocenters. The van der Waals surface area contributed by atoms with E-state index in [4.69, 9.17) is 10.5 Å². The molecule has 3 fully saturated rings. The number of carbonyl (C=O) groups is 2. The van der Waals surface area contributed by atoms with Crippen LogP contribution < -0.4 is 16.4 Å². The van der Waals surface area contributed by atoms with Gasteiger partial charge < -0.3 is 21.1 Å². The minimum atomic E-state index is -4.36. The van der Waals surface area contributed by atoms with Crippen molar-refractivity contribution >= 4 is 12.0 Å². The molecule has 1 heterocycles. The number of nitrogens with two attached hydrogens (primary N) is 1. The average Bonchev–Trinajstić information content (AvgIpc) is 3.53. The number of alkyl halides is 3. The minimum Gasteiger partial charge on any atom is -0.436 e. The monoisotopic (exact) mass is 509 g/mol. The molecule has 2 amide bonds. The van der Waals surface area contributed by atoms with Crippen molar-refractivity contribution in [1.82, 2.24) is 10.6 Å². The summed E-state index contributed by atoms with van der Waals surface area (Å²) in [6.45, 7) is 2.78. The second kappa shape index (κ2) is 11.4. The number of rotatable bonds is 9. The van der Waals surface area contributed by atoms with Gasteiger partial charge in [0.1, 0.15) is 0 Å². The third-order valence-corrected chi connectivity index (χ3v) is 8.43. The van der Waals surface area contributed by atoms with Crippen LogP contribution in [-0.2, 0) is 22.1 Å². The predicted octanol–water partition coefficient (Wildman–Crippen LogP) is 4.80. The topological polar surface area (TPSA) is 93.5 Å². The van der Waals surface area contributed by atoms with Crippen LogP contribution in [0.4, 0.5) is 18.0 Å². The van der Waals surface area contributed by atoms with E-state index in [0.717, 1.165) is 25.3 Å². The Hall–Kier alpha value is -2.29. The lowest BCUT2D eigenvalue weighted by molar-refractivity contribution is -0.137. The Kier molecular flexibility index (Phi) is 8.48. The van der Waals surface area contributed by atoms with Crippen molar-refractivity contribution in [2.45, 2.75) is 89.1 Å². The normalized spacial score (nSPS) is 28.0. The number of nitrogens with one attached hydrogen (secondary N) is 2. The molecule has 0 spiro atoms. The van der Waals surface area contributed by atoms with Crippen LogP contribution in [-0.4, -0.2) is 36.7 Å². The van der Waals surface area contributed by atoms with Crippen LogP contribution in [0, 0.1) is 23.7 Å². The lowest BCUT2D eigenvalue weighted by Gasteiger charge is -2.25. The van der Waals surface area contributed by atoms with Crippen molar-refractivity contribution < 1.29 is 27.5 Å². The highest BCUT2D eigenvalue weighted by Crippen LogP contribution is 2.40. The highest BCUT2D eigenvalue weighted by atomic mass is 19.4. The van der Waals surface area contributed by atoms with Gasteiger partial charge in [-0.15, -0.1) is 0 Å². The smallest absolute Gasteiger partial charge is 0.416 e. The Bertz CT molecular complexity index is 919. The van der Waals surface area contributed by atoms with Crippen molar-refractivity contribution in [2.24, 2.45) is 29.4 Å². The molecule has 0 bridgehead atoms. The van der Waals surface area contributed by atoms with Gasteiger partial charge in [0, 0.05) is 18.6 Å². The number of fused-ring (bicyclic) bond motifs is 1. The van der Waals surface area contributed by atoms with E-state index < -0.39 is 23.9 Å². The predicted molar refractivity (Wildman–Crippen MR) is 130 cm³/mol. The van der Waals surface area contributed by atoms with Gasteiger partial charge in [-0.3, -0.25) is 4.79 Å². The zero-order valence-electron chi connectivity index (χ0n) is 20.9. The molecular weight excluding hydrogens is 471 g/mol. The molecule has 9 heteroatoms.